The molecule has 1 amide bonds. The van der Waals surface area contributed by atoms with E-state index >= 15 is 0 Å². The zero-order valence-electron chi connectivity index (χ0n) is 10.4. The Morgan fingerprint density at radius 3 is 2.80 bits per heavy atom. The third-order valence-electron chi connectivity index (χ3n) is 3.25. The van der Waals surface area contributed by atoms with Gasteiger partial charge < -0.3 is 0 Å². The van der Waals surface area contributed by atoms with Gasteiger partial charge in [0.05, 0.1) is 11.6 Å². The largest absolute Gasteiger partial charge is 0.307 e. The summed E-state index contributed by atoms with van der Waals surface area (Å²) in [6.07, 6.45) is 2.35. The molecule has 3 rings (SSSR count). The fourth-order valence-electron chi connectivity index (χ4n) is 2.23. The molecule has 1 unspecified atom stereocenters. The second-order valence-electron chi connectivity index (χ2n) is 4.51. The molecule has 10 heteroatoms. The lowest BCUT2D eigenvalue weighted by Crippen LogP contribution is -2.28. The summed E-state index contributed by atoms with van der Waals surface area (Å²) in [5.41, 5.74) is 0.509. The van der Waals surface area contributed by atoms with Gasteiger partial charge in [0.25, 0.3) is 0 Å². The summed E-state index contributed by atoms with van der Waals surface area (Å²) in [5, 5.41) is 3.17. The van der Waals surface area contributed by atoms with E-state index in [-0.39, 0.29) is 18.8 Å². The number of fused-ring (bicyclic) bond motifs is 1. The van der Waals surface area contributed by atoms with Gasteiger partial charge in [0.1, 0.15) is 17.4 Å². The van der Waals surface area contributed by atoms with E-state index in [1.54, 1.807) is 7.05 Å². The van der Waals surface area contributed by atoms with Crippen molar-refractivity contribution in [2.45, 2.75) is 11.7 Å². The molecule has 8 nitrogen and oxygen atoms in total. The first-order chi connectivity index (χ1) is 9.38. The fraction of sp³-hybridized carbons (Fsp3) is 0.400. The molecule has 1 saturated heterocycles. The van der Waals surface area contributed by atoms with Gasteiger partial charge in [-0.25, -0.2) is 9.97 Å². The van der Waals surface area contributed by atoms with Gasteiger partial charge in [-0.1, -0.05) is 0 Å². The third kappa shape index (κ3) is 1.92. The van der Waals surface area contributed by atoms with Gasteiger partial charge >= 0.3 is 10.2 Å². The Morgan fingerprint density at radius 1 is 1.40 bits per heavy atom. The van der Waals surface area contributed by atoms with Gasteiger partial charge in [-0.05, 0) is 0 Å². The maximum atomic E-state index is 13.0. The standard InChI is InChI=1S/C10H10FN5O3S/c1-15-9-7(3-14-15)10(13-5-12-9)16-4-6(2-8(16)17)20(11,18)19/h3,5-6H,2,4H2,1H3. The van der Waals surface area contributed by atoms with Crippen molar-refractivity contribution in [3.05, 3.63) is 12.5 Å². The zero-order valence-corrected chi connectivity index (χ0v) is 11.2. The number of hydrogen-bond acceptors (Lipinski definition) is 6. The number of nitrogens with zero attached hydrogens (tertiary/aromatic N) is 5. The summed E-state index contributed by atoms with van der Waals surface area (Å²) >= 11 is 0. The number of carbonyl (C=O) groups excluding carboxylic acids is 1. The molecule has 1 aliphatic heterocycles. The second-order valence-corrected chi connectivity index (χ2v) is 6.13. The summed E-state index contributed by atoms with van der Waals surface area (Å²) in [4.78, 5) is 21.1. The Bertz CT molecular complexity index is 802. The highest BCUT2D eigenvalue weighted by molar-refractivity contribution is 7.87. The van der Waals surface area contributed by atoms with Crippen molar-refractivity contribution in [2.75, 3.05) is 11.4 Å². The molecule has 3 heterocycles. The van der Waals surface area contributed by atoms with E-state index in [1.165, 1.54) is 17.2 Å². The zero-order chi connectivity index (χ0) is 14.5. The van der Waals surface area contributed by atoms with E-state index in [0.29, 0.717) is 11.0 Å². The van der Waals surface area contributed by atoms with E-state index in [4.69, 9.17) is 0 Å². The number of amides is 1. The smallest absolute Gasteiger partial charge is 0.295 e. The van der Waals surface area contributed by atoms with Crippen LogP contribution in [0.25, 0.3) is 11.0 Å². The Labute approximate surface area is 113 Å². The van der Waals surface area contributed by atoms with E-state index in [1.807, 2.05) is 0 Å². The Morgan fingerprint density at radius 2 is 2.15 bits per heavy atom. The minimum absolute atomic E-state index is 0.249. The van der Waals surface area contributed by atoms with Crippen LogP contribution in [0.1, 0.15) is 6.42 Å². The van der Waals surface area contributed by atoms with Crippen molar-refractivity contribution < 1.29 is 17.1 Å². The van der Waals surface area contributed by atoms with Crippen molar-refractivity contribution in [2.24, 2.45) is 7.05 Å². The molecular formula is C10H10FN5O3S. The maximum Gasteiger partial charge on any atom is 0.307 e. The number of halogens is 1. The van der Waals surface area contributed by atoms with Crippen LogP contribution in [-0.4, -0.2) is 45.9 Å². The first kappa shape index (κ1) is 12.9. The highest BCUT2D eigenvalue weighted by atomic mass is 32.3. The van der Waals surface area contributed by atoms with Crippen LogP contribution in [-0.2, 0) is 22.1 Å². The van der Waals surface area contributed by atoms with Gasteiger partial charge in [-0.3, -0.25) is 14.4 Å². The molecule has 0 bridgehead atoms. The molecule has 106 valence electrons. The summed E-state index contributed by atoms with van der Waals surface area (Å²) in [6.45, 7) is -0.251. The summed E-state index contributed by atoms with van der Waals surface area (Å²) in [7, 11) is -3.07. The minimum Gasteiger partial charge on any atom is -0.295 e. The van der Waals surface area contributed by atoms with Gasteiger partial charge in [0, 0.05) is 20.0 Å². The lowest BCUT2D eigenvalue weighted by Gasteiger charge is -2.15. The van der Waals surface area contributed by atoms with E-state index in [9.17, 15) is 17.1 Å². The number of aryl methyl sites for hydroxylation is 1. The molecule has 0 N–H and O–H groups in total. The van der Waals surface area contributed by atoms with Gasteiger partial charge in [0.2, 0.25) is 5.91 Å². The van der Waals surface area contributed by atoms with Crippen LogP contribution >= 0.6 is 0 Å². The Balaban J connectivity index is 2.06. The summed E-state index contributed by atoms with van der Waals surface area (Å²) < 4.78 is 36.4. The minimum atomic E-state index is -4.75. The molecule has 0 spiro atoms. The molecule has 1 atom stereocenters. The first-order valence-corrected chi connectivity index (χ1v) is 7.19. The van der Waals surface area contributed by atoms with Crippen molar-refractivity contribution in [3.8, 4) is 0 Å². The topological polar surface area (TPSA) is 98.1 Å². The Hall–Kier alpha value is -2.10. The van der Waals surface area contributed by atoms with Crippen LogP contribution in [0.15, 0.2) is 12.5 Å². The predicted octanol–water partition coefficient (Wildman–Crippen LogP) is -0.232. The molecule has 2 aromatic rings. The van der Waals surface area contributed by atoms with Crippen molar-refractivity contribution >= 4 is 33.0 Å². The molecule has 1 fully saturated rings. The van der Waals surface area contributed by atoms with E-state index in [0.717, 1.165) is 4.90 Å². The van der Waals surface area contributed by atoms with Crippen LogP contribution in [0, 0.1) is 0 Å². The average molecular weight is 299 g/mol. The molecule has 2 aromatic heterocycles. The van der Waals surface area contributed by atoms with Crippen molar-refractivity contribution in [1.29, 1.82) is 0 Å². The highest BCUT2D eigenvalue weighted by Gasteiger charge is 2.40. The quantitative estimate of drug-likeness (QED) is 0.710. The van der Waals surface area contributed by atoms with Crippen LogP contribution < -0.4 is 4.90 Å². The molecule has 1 aliphatic rings. The summed E-state index contributed by atoms with van der Waals surface area (Å²) in [5.74, 6) is -0.237. The molecule has 0 aliphatic carbocycles. The maximum absolute atomic E-state index is 13.0. The van der Waals surface area contributed by atoms with Crippen molar-refractivity contribution in [1.82, 2.24) is 19.7 Å². The highest BCUT2D eigenvalue weighted by Crippen LogP contribution is 2.28. The Kier molecular flexibility index (Phi) is 2.71. The number of hydrogen-bond donors (Lipinski definition) is 0. The monoisotopic (exact) mass is 299 g/mol. The molecule has 0 radical (unpaired) electrons. The molecule has 20 heavy (non-hydrogen) atoms. The third-order valence-corrected chi connectivity index (χ3v) is 4.36. The summed E-state index contributed by atoms with van der Waals surface area (Å²) in [6, 6.07) is 0. The van der Waals surface area contributed by atoms with Crippen LogP contribution in [0.2, 0.25) is 0 Å². The predicted molar refractivity (Wildman–Crippen MR) is 67.1 cm³/mol. The lowest BCUT2D eigenvalue weighted by atomic mass is 10.3. The normalized spacial score (nSPS) is 20.0. The second kappa shape index (κ2) is 4.20. The van der Waals surface area contributed by atoms with Gasteiger partial charge in [0.15, 0.2) is 5.65 Å². The number of anilines is 1. The van der Waals surface area contributed by atoms with Crippen LogP contribution in [0.3, 0.4) is 0 Å². The number of carbonyl (C=O) groups is 1. The average Bonchev–Trinajstić information content (AvgIpc) is 2.93. The first-order valence-electron chi connectivity index (χ1n) is 5.74. The SMILES string of the molecule is Cn1ncc2c(N3CC(S(=O)(=O)F)CC3=O)ncnc21. The van der Waals surface area contributed by atoms with Crippen LogP contribution in [0.4, 0.5) is 9.70 Å². The number of rotatable bonds is 2. The van der Waals surface area contributed by atoms with Gasteiger partial charge in [-0.2, -0.15) is 13.5 Å². The lowest BCUT2D eigenvalue weighted by molar-refractivity contribution is -0.117. The number of aromatic nitrogens is 4. The molecule has 0 saturated carbocycles. The van der Waals surface area contributed by atoms with Gasteiger partial charge in [-0.15, -0.1) is 3.89 Å². The van der Waals surface area contributed by atoms with Crippen molar-refractivity contribution in [3.63, 3.8) is 0 Å². The fourth-order valence-corrected chi connectivity index (χ4v) is 2.90. The molecular weight excluding hydrogens is 289 g/mol. The van der Waals surface area contributed by atoms with Crippen LogP contribution in [0.5, 0.6) is 0 Å². The molecule has 0 aromatic carbocycles. The van der Waals surface area contributed by atoms with E-state index < -0.39 is 21.4 Å². The van der Waals surface area contributed by atoms with E-state index in [2.05, 4.69) is 15.1 Å².